The highest BCUT2D eigenvalue weighted by Crippen LogP contribution is 2.28. The number of amides is 1. The number of nitrogens with one attached hydrogen (secondary N) is 1. The van der Waals surface area contributed by atoms with Crippen LogP contribution in [0, 0.1) is 13.8 Å². The number of para-hydroxylation sites is 1. The predicted molar refractivity (Wildman–Crippen MR) is 110 cm³/mol. The van der Waals surface area contributed by atoms with Crippen molar-refractivity contribution in [2.75, 3.05) is 17.1 Å². The van der Waals surface area contributed by atoms with Crippen LogP contribution >= 0.6 is 0 Å². The van der Waals surface area contributed by atoms with E-state index in [1.165, 1.54) is 10.6 Å². The minimum atomic E-state index is -3.49. The quantitative estimate of drug-likeness (QED) is 0.754. The van der Waals surface area contributed by atoms with E-state index in [2.05, 4.69) is 5.32 Å². The van der Waals surface area contributed by atoms with Gasteiger partial charge in [-0.15, -0.1) is 0 Å². The summed E-state index contributed by atoms with van der Waals surface area (Å²) in [7, 11) is -3.49. The van der Waals surface area contributed by atoms with Gasteiger partial charge in [0.1, 0.15) is 0 Å². The lowest BCUT2D eigenvalue weighted by molar-refractivity contribution is -0.121. The van der Waals surface area contributed by atoms with Crippen molar-refractivity contribution in [2.45, 2.75) is 40.2 Å². The Morgan fingerprint density at radius 1 is 1.11 bits per heavy atom. The van der Waals surface area contributed by atoms with E-state index in [0.717, 1.165) is 28.7 Å². The maximum absolute atomic E-state index is 12.4. The molecule has 2 aromatic rings. The number of carbonyl (C=O) groups excluding carboxylic acids is 1. The molecular weight excluding hydrogens is 360 g/mol. The summed E-state index contributed by atoms with van der Waals surface area (Å²) < 4.78 is 26.1. The minimum Gasteiger partial charge on any atom is -0.352 e. The number of aryl methyl sites for hydroxylation is 3. The van der Waals surface area contributed by atoms with Crippen LogP contribution in [0.1, 0.15) is 35.6 Å². The van der Waals surface area contributed by atoms with Crippen LogP contribution in [-0.4, -0.2) is 27.1 Å². The van der Waals surface area contributed by atoms with E-state index in [4.69, 9.17) is 0 Å². The first-order valence-corrected chi connectivity index (χ1v) is 11.0. The molecule has 5 nitrogen and oxygen atoms in total. The molecule has 0 aliphatic heterocycles. The lowest BCUT2D eigenvalue weighted by Gasteiger charge is -2.26. The summed E-state index contributed by atoms with van der Waals surface area (Å²) in [5, 5.41) is 2.87. The molecule has 0 radical (unpaired) electrons. The third-order valence-corrected chi connectivity index (χ3v) is 5.63. The van der Waals surface area contributed by atoms with E-state index < -0.39 is 10.0 Å². The molecule has 0 aliphatic rings. The first kappa shape index (κ1) is 21.0. The number of carbonyl (C=O) groups is 1. The minimum absolute atomic E-state index is 0.108. The number of anilines is 1. The SMILES string of the molecule is CCc1cccc(C)c1N(CCC(=O)NCc1cccc(C)c1)S(C)(=O)=O. The summed E-state index contributed by atoms with van der Waals surface area (Å²) in [5.74, 6) is -0.170. The van der Waals surface area contributed by atoms with Gasteiger partial charge in [0.2, 0.25) is 15.9 Å². The van der Waals surface area contributed by atoms with Gasteiger partial charge in [0.25, 0.3) is 0 Å². The highest BCUT2D eigenvalue weighted by molar-refractivity contribution is 7.92. The molecule has 0 aromatic heterocycles. The molecular formula is C21H28N2O3S. The largest absolute Gasteiger partial charge is 0.352 e. The van der Waals surface area contributed by atoms with Crippen molar-refractivity contribution in [3.8, 4) is 0 Å². The fraction of sp³-hybridized carbons (Fsp3) is 0.381. The third kappa shape index (κ3) is 5.82. The maximum atomic E-state index is 12.4. The van der Waals surface area contributed by atoms with Crippen molar-refractivity contribution in [2.24, 2.45) is 0 Å². The summed E-state index contributed by atoms with van der Waals surface area (Å²) in [4.78, 5) is 12.3. The average molecular weight is 389 g/mol. The second kappa shape index (κ2) is 9.04. The molecule has 0 spiro atoms. The fourth-order valence-electron chi connectivity index (χ4n) is 3.12. The summed E-state index contributed by atoms with van der Waals surface area (Å²) in [6.07, 6.45) is 2.02. The molecule has 0 heterocycles. The molecule has 0 atom stereocenters. The van der Waals surface area contributed by atoms with Crippen LogP contribution in [0.15, 0.2) is 42.5 Å². The number of benzene rings is 2. The zero-order valence-corrected chi connectivity index (χ0v) is 17.3. The van der Waals surface area contributed by atoms with Crippen molar-refractivity contribution >= 4 is 21.6 Å². The normalized spacial score (nSPS) is 11.3. The van der Waals surface area contributed by atoms with E-state index in [-0.39, 0.29) is 18.9 Å². The van der Waals surface area contributed by atoms with Crippen molar-refractivity contribution in [3.05, 3.63) is 64.7 Å². The van der Waals surface area contributed by atoms with Gasteiger partial charge in [-0.3, -0.25) is 9.10 Å². The summed E-state index contributed by atoms with van der Waals surface area (Å²) >= 11 is 0. The van der Waals surface area contributed by atoms with Gasteiger partial charge < -0.3 is 5.32 Å². The fourth-order valence-corrected chi connectivity index (χ4v) is 4.14. The molecule has 2 rings (SSSR count). The lowest BCUT2D eigenvalue weighted by atomic mass is 10.1. The van der Waals surface area contributed by atoms with Crippen LogP contribution < -0.4 is 9.62 Å². The van der Waals surface area contributed by atoms with Crippen LogP contribution in [0.4, 0.5) is 5.69 Å². The first-order chi connectivity index (χ1) is 12.7. The van der Waals surface area contributed by atoms with Gasteiger partial charge in [0.05, 0.1) is 11.9 Å². The monoisotopic (exact) mass is 388 g/mol. The van der Waals surface area contributed by atoms with Crippen molar-refractivity contribution in [1.29, 1.82) is 0 Å². The summed E-state index contributed by atoms with van der Waals surface area (Å²) in [5.41, 5.74) is 4.70. The number of hydrogen-bond acceptors (Lipinski definition) is 3. The second-order valence-corrected chi connectivity index (χ2v) is 8.69. The summed E-state index contributed by atoms with van der Waals surface area (Å²) in [6.45, 7) is 6.45. The van der Waals surface area contributed by atoms with Crippen molar-refractivity contribution in [1.82, 2.24) is 5.32 Å². The zero-order chi connectivity index (χ0) is 20.0. The Hall–Kier alpha value is -2.34. The molecule has 0 saturated heterocycles. The van der Waals surface area contributed by atoms with E-state index in [1.54, 1.807) is 0 Å². The molecule has 0 fully saturated rings. The molecule has 1 N–H and O–H groups in total. The smallest absolute Gasteiger partial charge is 0.232 e. The predicted octanol–water partition coefficient (Wildman–Crippen LogP) is 3.34. The number of nitrogens with zero attached hydrogens (tertiary/aromatic N) is 1. The molecule has 27 heavy (non-hydrogen) atoms. The average Bonchev–Trinajstić information content (AvgIpc) is 2.60. The molecule has 6 heteroatoms. The lowest BCUT2D eigenvalue weighted by Crippen LogP contribution is -2.35. The molecule has 0 unspecified atom stereocenters. The van der Waals surface area contributed by atoms with E-state index in [9.17, 15) is 13.2 Å². The Labute approximate surface area is 162 Å². The Morgan fingerprint density at radius 3 is 2.44 bits per heavy atom. The Balaban J connectivity index is 2.09. The van der Waals surface area contributed by atoms with Gasteiger partial charge >= 0.3 is 0 Å². The molecule has 0 aliphatic carbocycles. The van der Waals surface area contributed by atoms with Gasteiger partial charge in [-0.25, -0.2) is 8.42 Å². The van der Waals surface area contributed by atoms with Gasteiger partial charge in [-0.2, -0.15) is 0 Å². The highest BCUT2D eigenvalue weighted by atomic mass is 32.2. The maximum Gasteiger partial charge on any atom is 0.232 e. The number of rotatable bonds is 8. The highest BCUT2D eigenvalue weighted by Gasteiger charge is 2.22. The van der Waals surface area contributed by atoms with Crippen LogP contribution in [0.2, 0.25) is 0 Å². The molecule has 1 amide bonds. The van der Waals surface area contributed by atoms with Crippen LogP contribution in [0.3, 0.4) is 0 Å². The number of sulfonamides is 1. The third-order valence-electron chi connectivity index (χ3n) is 4.47. The number of hydrogen-bond donors (Lipinski definition) is 1. The Bertz CT molecular complexity index is 907. The van der Waals surface area contributed by atoms with Gasteiger partial charge in [0.15, 0.2) is 0 Å². The van der Waals surface area contributed by atoms with Crippen LogP contribution in [0.25, 0.3) is 0 Å². The first-order valence-electron chi connectivity index (χ1n) is 9.10. The molecule has 146 valence electrons. The molecule has 0 bridgehead atoms. The topological polar surface area (TPSA) is 66.5 Å². The zero-order valence-electron chi connectivity index (χ0n) is 16.5. The molecule has 2 aromatic carbocycles. The van der Waals surface area contributed by atoms with Crippen molar-refractivity contribution in [3.63, 3.8) is 0 Å². The second-order valence-electron chi connectivity index (χ2n) is 6.79. The molecule has 0 saturated carbocycles. The van der Waals surface area contributed by atoms with E-state index >= 15 is 0 Å². The van der Waals surface area contributed by atoms with Crippen molar-refractivity contribution < 1.29 is 13.2 Å². The van der Waals surface area contributed by atoms with Gasteiger partial charge in [-0.1, -0.05) is 55.0 Å². The summed E-state index contributed by atoms with van der Waals surface area (Å²) in [6, 6.07) is 13.7. The van der Waals surface area contributed by atoms with E-state index in [0.29, 0.717) is 12.2 Å². The van der Waals surface area contributed by atoms with Crippen LogP contribution in [0.5, 0.6) is 0 Å². The Morgan fingerprint density at radius 2 is 1.81 bits per heavy atom. The van der Waals surface area contributed by atoms with Gasteiger partial charge in [0, 0.05) is 19.5 Å². The Kier molecular flexibility index (Phi) is 7.02. The van der Waals surface area contributed by atoms with Crippen LogP contribution in [-0.2, 0) is 27.8 Å². The standard InChI is InChI=1S/C21H28N2O3S/c1-5-19-11-7-9-17(3)21(19)23(27(4,25)26)13-12-20(24)22-15-18-10-6-8-16(2)14-18/h6-11,14H,5,12-13,15H2,1-4H3,(H,22,24). The van der Waals surface area contributed by atoms with Gasteiger partial charge in [-0.05, 0) is 37.0 Å². The van der Waals surface area contributed by atoms with E-state index in [1.807, 2.05) is 63.2 Å².